The van der Waals surface area contributed by atoms with Crippen LogP contribution in [0.1, 0.15) is 24.1 Å². The van der Waals surface area contributed by atoms with Gasteiger partial charge in [0.25, 0.3) is 0 Å². The summed E-state index contributed by atoms with van der Waals surface area (Å²) in [5.41, 5.74) is 7.38. The van der Waals surface area contributed by atoms with Crippen molar-refractivity contribution >= 4 is 28.8 Å². The topological polar surface area (TPSA) is 61.7 Å². The molecular weight excluding hydrogens is 270 g/mol. The lowest BCUT2D eigenvalue weighted by Gasteiger charge is -2.09. The van der Waals surface area contributed by atoms with Gasteiger partial charge >= 0.3 is 0 Å². The quantitative estimate of drug-likeness (QED) is 0.869. The second-order valence-corrected chi connectivity index (χ2v) is 4.72. The molecule has 0 saturated heterocycles. The smallest absolute Gasteiger partial charge is 0.167 e. The molecule has 7 heteroatoms. The highest BCUT2D eigenvalue weighted by Crippen LogP contribution is 2.21. The lowest BCUT2D eigenvalue weighted by Crippen LogP contribution is -2.18. The second-order valence-electron chi connectivity index (χ2n) is 3.90. The minimum atomic E-state index is 0.274. The van der Waals surface area contributed by atoms with Gasteiger partial charge in [0.05, 0.1) is 23.0 Å². The van der Waals surface area contributed by atoms with Crippen LogP contribution in [0.5, 0.6) is 0 Å². The van der Waals surface area contributed by atoms with Crippen LogP contribution < -0.4 is 5.73 Å². The van der Waals surface area contributed by atoms with Crippen molar-refractivity contribution in [1.29, 1.82) is 0 Å². The van der Waals surface area contributed by atoms with Gasteiger partial charge in [-0.3, -0.25) is 4.68 Å². The van der Waals surface area contributed by atoms with E-state index in [1.165, 1.54) is 0 Å². The average Bonchev–Trinajstić information content (AvgIpc) is 2.89. The van der Waals surface area contributed by atoms with Gasteiger partial charge in [-0.25, -0.2) is 4.98 Å². The summed E-state index contributed by atoms with van der Waals surface area (Å²) < 4.78 is 3.75. The van der Waals surface area contributed by atoms with Crippen molar-refractivity contribution in [3.8, 4) is 0 Å². The molecule has 0 radical (unpaired) electrons. The maximum absolute atomic E-state index is 6.26. The van der Waals surface area contributed by atoms with Gasteiger partial charge in [-0.15, -0.1) is 0 Å². The van der Waals surface area contributed by atoms with E-state index < -0.39 is 0 Å². The van der Waals surface area contributed by atoms with E-state index in [0.717, 1.165) is 17.9 Å². The molecule has 0 atom stereocenters. The van der Waals surface area contributed by atoms with E-state index in [9.17, 15) is 0 Å². The molecule has 0 bridgehead atoms. The molecule has 0 spiro atoms. The Morgan fingerprint density at radius 3 is 2.89 bits per heavy atom. The highest BCUT2D eigenvalue weighted by atomic mass is 35.5. The number of aromatic nitrogens is 4. The van der Waals surface area contributed by atoms with E-state index in [1.807, 2.05) is 29.3 Å². The van der Waals surface area contributed by atoms with Crippen molar-refractivity contribution in [2.45, 2.75) is 26.9 Å². The number of imidazole rings is 1. The predicted molar refractivity (Wildman–Crippen MR) is 74.9 cm³/mol. The van der Waals surface area contributed by atoms with Gasteiger partial charge in [-0.1, -0.05) is 23.8 Å². The van der Waals surface area contributed by atoms with Crippen LogP contribution in [0, 0.1) is 6.92 Å². The van der Waals surface area contributed by atoms with Gasteiger partial charge in [-0.2, -0.15) is 5.10 Å². The lowest BCUT2D eigenvalue weighted by molar-refractivity contribution is 0.596. The van der Waals surface area contributed by atoms with Gasteiger partial charge in [0.15, 0.2) is 5.82 Å². The van der Waals surface area contributed by atoms with Crippen LogP contribution in [0.3, 0.4) is 0 Å². The van der Waals surface area contributed by atoms with Gasteiger partial charge in [-0.05, 0) is 13.8 Å². The maximum Gasteiger partial charge on any atom is 0.167 e. The van der Waals surface area contributed by atoms with Crippen LogP contribution >= 0.6 is 23.8 Å². The summed E-state index contributed by atoms with van der Waals surface area (Å²) in [6.45, 7) is 5.23. The second kappa shape index (κ2) is 5.07. The number of hydrogen-bond acceptors (Lipinski definition) is 3. The van der Waals surface area contributed by atoms with Crippen molar-refractivity contribution < 1.29 is 0 Å². The number of aryl methyl sites for hydroxylation is 2. The molecule has 0 fully saturated rings. The summed E-state index contributed by atoms with van der Waals surface area (Å²) >= 11 is 11.2. The van der Waals surface area contributed by atoms with Crippen molar-refractivity contribution in [3.05, 3.63) is 34.6 Å². The van der Waals surface area contributed by atoms with Crippen LogP contribution in [0.4, 0.5) is 0 Å². The van der Waals surface area contributed by atoms with E-state index in [1.54, 1.807) is 6.20 Å². The Morgan fingerprint density at radius 2 is 2.28 bits per heavy atom. The molecule has 0 aromatic carbocycles. The maximum atomic E-state index is 6.26. The molecule has 2 heterocycles. The first-order valence-corrected chi connectivity index (χ1v) is 6.36. The van der Waals surface area contributed by atoms with Gasteiger partial charge in [0.1, 0.15) is 4.99 Å². The largest absolute Gasteiger partial charge is 0.387 e. The summed E-state index contributed by atoms with van der Waals surface area (Å²) in [6, 6.07) is 0. The zero-order valence-corrected chi connectivity index (χ0v) is 11.8. The van der Waals surface area contributed by atoms with Crippen LogP contribution in [-0.4, -0.2) is 24.3 Å². The Kier molecular flexibility index (Phi) is 3.68. The average molecular weight is 284 g/mol. The molecule has 0 aliphatic rings. The molecule has 2 aromatic rings. The van der Waals surface area contributed by atoms with E-state index >= 15 is 0 Å². The van der Waals surface area contributed by atoms with Gasteiger partial charge < -0.3 is 10.3 Å². The van der Waals surface area contributed by atoms with Gasteiger partial charge in [0, 0.05) is 18.9 Å². The highest BCUT2D eigenvalue weighted by Gasteiger charge is 2.15. The molecule has 2 rings (SSSR count). The molecule has 96 valence electrons. The summed E-state index contributed by atoms with van der Waals surface area (Å²) in [5, 5.41) is 5.05. The Balaban J connectivity index is 2.39. The van der Waals surface area contributed by atoms with Crippen molar-refractivity contribution in [3.63, 3.8) is 0 Å². The third kappa shape index (κ3) is 2.26. The van der Waals surface area contributed by atoms with E-state index in [2.05, 4.69) is 10.1 Å². The molecule has 2 aromatic heterocycles. The first-order valence-electron chi connectivity index (χ1n) is 5.57. The van der Waals surface area contributed by atoms with Crippen molar-refractivity contribution in [2.24, 2.45) is 5.73 Å². The fourth-order valence-electron chi connectivity index (χ4n) is 1.84. The molecular formula is C11H14ClN5S. The lowest BCUT2D eigenvalue weighted by atomic mass is 10.3. The van der Waals surface area contributed by atoms with Crippen molar-refractivity contribution in [1.82, 2.24) is 19.3 Å². The molecule has 0 amide bonds. The van der Waals surface area contributed by atoms with Crippen LogP contribution in [0.25, 0.3) is 0 Å². The fourth-order valence-corrected chi connectivity index (χ4v) is 2.21. The summed E-state index contributed by atoms with van der Waals surface area (Å²) in [6.07, 6.45) is 3.50. The molecule has 5 nitrogen and oxygen atoms in total. The monoisotopic (exact) mass is 283 g/mol. The van der Waals surface area contributed by atoms with E-state index in [-0.39, 0.29) is 4.99 Å². The number of rotatable bonds is 4. The van der Waals surface area contributed by atoms with E-state index in [0.29, 0.717) is 17.4 Å². The molecule has 0 saturated carbocycles. The minimum absolute atomic E-state index is 0.274. The van der Waals surface area contributed by atoms with Crippen LogP contribution in [0.2, 0.25) is 5.02 Å². The first kappa shape index (κ1) is 13.0. The summed E-state index contributed by atoms with van der Waals surface area (Å²) in [4.78, 5) is 4.40. The third-order valence-corrected chi connectivity index (χ3v) is 3.38. The third-order valence-electron chi connectivity index (χ3n) is 2.71. The normalized spacial score (nSPS) is 10.8. The number of nitrogens with two attached hydrogens (primary N) is 1. The molecule has 2 N–H and O–H groups in total. The van der Waals surface area contributed by atoms with Gasteiger partial charge in [0.2, 0.25) is 0 Å². The molecule has 0 aliphatic carbocycles. The van der Waals surface area contributed by atoms with E-state index in [4.69, 9.17) is 29.6 Å². The molecule has 18 heavy (non-hydrogen) atoms. The van der Waals surface area contributed by atoms with Crippen LogP contribution in [0.15, 0.2) is 12.4 Å². The van der Waals surface area contributed by atoms with Crippen molar-refractivity contribution in [2.75, 3.05) is 0 Å². The minimum Gasteiger partial charge on any atom is -0.387 e. The zero-order valence-electron chi connectivity index (χ0n) is 10.2. The predicted octanol–water partition coefficient (Wildman–Crippen LogP) is 1.74. The fraction of sp³-hybridized carbons (Fsp3) is 0.364. The van der Waals surface area contributed by atoms with Crippen LogP contribution in [-0.2, 0) is 13.1 Å². The molecule has 0 aliphatic heterocycles. The molecule has 0 unspecified atom stereocenters. The summed E-state index contributed by atoms with van der Waals surface area (Å²) in [7, 11) is 0. The number of hydrogen-bond donors (Lipinski definition) is 1. The Bertz CT molecular complexity index is 586. The number of halogens is 1. The number of thiocarbonyl (C=S) groups is 1. The zero-order chi connectivity index (χ0) is 13.3. The Morgan fingerprint density at radius 1 is 1.56 bits per heavy atom. The first-order chi connectivity index (χ1) is 8.54. The Labute approximate surface area is 116 Å². The summed E-state index contributed by atoms with van der Waals surface area (Å²) in [5.74, 6) is 0.586. The Hall–Kier alpha value is -1.40. The highest BCUT2D eigenvalue weighted by molar-refractivity contribution is 7.80. The number of nitrogens with zero attached hydrogens (tertiary/aromatic N) is 4. The SMILES string of the molecule is CCn1nc(C)c(Cl)c1Cn1ccnc1C(N)=S. The standard InChI is InChI=1S/C11H14ClN5S/c1-3-17-8(9(12)7(2)15-17)6-16-5-4-14-11(16)10(13)18/h4-5H,3,6H2,1-2H3,(H2,13,18).